The lowest BCUT2D eigenvalue weighted by Crippen LogP contribution is -2.40. The normalized spacial score (nSPS) is 18.8. The molecule has 0 spiro atoms. The van der Waals surface area contributed by atoms with Gasteiger partial charge in [0.25, 0.3) is 5.91 Å². The molecule has 1 aromatic heterocycles. The van der Waals surface area contributed by atoms with Crippen LogP contribution in [0.15, 0.2) is 34.7 Å². The second kappa shape index (κ2) is 8.74. The molecule has 0 bridgehead atoms. The van der Waals surface area contributed by atoms with Gasteiger partial charge in [-0.05, 0) is 48.1 Å². The minimum absolute atomic E-state index is 0.0607. The Balaban J connectivity index is 1.64. The van der Waals surface area contributed by atoms with Gasteiger partial charge in [0, 0.05) is 38.9 Å². The highest BCUT2D eigenvalue weighted by molar-refractivity contribution is 6.04. The fraction of sp³-hybridized carbons (Fsp3) is 0.440. The van der Waals surface area contributed by atoms with Gasteiger partial charge in [0.15, 0.2) is 5.76 Å². The van der Waals surface area contributed by atoms with Crippen LogP contribution in [-0.2, 0) is 9.59 Å². The Labute approximate surface area is 193 Å². The van der Waals surface area contributed by atoms with Crippen LogP contribution >= 0.6 is 0 Å². The summed E-state index contributed by atoms with van der Waals surface area (Å²) in [6, 6.07) is 8.64. The maximum absolute atomic E-state index is 12.8. The number of amides is 3. The Kier molecular flexibility index (Phi) is 5.98. The average Bonchev–Trinajstić information content (AvgIpc) is 3.27. The van der Waals surface area contributed by atoms with Crippen molar-refractivity contribution in [1.29, 1.82) is 0 Å². The summed E-state index contributed by atoms with van der Waals surface area (Å²) in [5.74, 6) is -0.835. The van der Waals surface area contributed by atoms with E-state index in [1.54, 1.807) is 0 Å². The number of anilines is 2. The minimum atomic E-state index is -0.430. The molecule has 3 amide bonds. The third-order valence-electron chi connectivity index (χ3n) is 6.72. The van der Waals surface area contributed by atoms with Gasteiger partial charge in [-0.2, -0.15) is 4.85 Å². The fourth-order valence-corrected chi connectivity index (χ4v) is 4.36. The average molecular weight is 449 g/mol. The number of benzene rings is 1. The molecule has 0 unspecified atom stereocenters. The Morgan fingerprint density at radius 3 is 2.39 bits per heavy atom. The summed E-state index contributed by atoms with van der Waals surface area (Å²) < 4.78 is 5.27. The zero-order valence-corrected chi connectivity index (χ0v) is 19.2. The van der Waals surface area contributed by atoms with E-state index in [1.807, 2.05) is 18.2 Å². The van der Waals surface area contributed by atoms with Gasteiger partial charge >= 0.3 is 5.88 Å². The van der Waals surface area contributed by atoms with E-state index < -0.39 is 5.91 Å². The van der Waals surface area contributed by atoms with Crippen LogP contribution < -0.4 is 10.2 Å². The smallest absolute Gasteiger partial charge is 0.346 e. The quantitative estimate of drug-likeness (QED) is 0.547. The molecule has 8 heteroatoms. The molecule has 0 saturated carbocycles. The highest BCUT2D eigenvalue weighted by Gasteiger charge is 2.32. The van der Waals surface area contributed by atoms with Crippen LogP contribution in [0.3, 0.4) is 0 Å². The van der Waals surface area contributed by atoms with E-state index in [0.29, 0.717) is 5.69 Å². The highest BCUT2D eigenvalue weighted by atomic mass is 16.4. The number of nitrogens with zero attached hydrogens (tertiary/aromatic N) is 3. The summed E-state index contributed by atoms with van der Waals surface area (Å²) in [5, 5.41) is 2.92. The highest BCUT2D eigenvalue weighted by Crippen LogP contribution is 2.39. The standard InChI is InChI=1S/C25H28N4O4/c1-25(2)9-11-29(12-10-25)19-13-16(17-14-22(30)28(4)23(31)15-17)5-6-18(19)27-24(32)20-7-8-21(26-3)33-20/h5-8,13,17H,9-12,14-15H2,1-2,4H3,(H,27,32). The summed E-state index contributed by atoms with van der Waals surface area (Å²) in [6.45, 7) is 13.2. The van der Waals surface area contributed by atoms with Crippen LogP contribution in [0.25, 0.3) is 4.85 Å². The van der Waals surface area contributed by atoms with Gasteiger partial charge in [0.05, 0.1) is 17.9 Å². The van der Waals surface area contributed by atoms with Crippen molar-refractivity contribution in [2.45, 2.75) is 45.4 Å². The summed E-state index contributed by atoms with van der Waals surface area (Å²) in [5.41, 5.74) is 2.67. The predicted octanol–water partition coefficient (Wildman–Crippen LogP) is 4.57. The molecule has 2 aliphatic rings. The van der Waals surface area contributed by atoms with Gasteiger partial charge in [0.2, 0.25) is 11.8 Å². The molecule has 2 fully saturated rings. The fourth-order valence-electron chi connectivity index (χ4n) is 4.36. The Bertz CT molecular complexity index is 1120. The predicted molar refractivity (Wildman–Crippen MR) is 124 cm³/mol. The van der Waals surface area contributed by atoms with Gasteiger partial charge in [-0.15, -0.1) is 0 Å². The molecule has 172 valence electrons. The number of furan rings is 1. The SMILES string of the molecule is [C-]#[N+]c1ccc(C(=O)Nc2ccc(C3CC(=O)N(C)C(=O)C3)cc2N2CCC(C)(C)CC2)o1. The molecule has 2 saturated heterocycles. The molecule has 3 heterocycles. The summed E-state index contributed by atoms with van der Waals surface area (Å²) in [4.78, 5) is 43.9. The topological polar surface area (TPSA) is 87.2 Å². The van der Waals surface area contributed by atoms with Crippen molar-refractivity contribution < 1.29 is 18.8 Å². The van der Waals surface area contributed by atoms with Crippen LogP contribution in [0.5, 0.6) is 0 Å². The largest absolute Gasteiger partial charge is 0.475 e. The number of rotatable bonds is 4. The van der Waals surface area contributed by atoms with Crippen LogP contribution in [-0.4, -0.2) is 42.8 Å². The molecule has 33 heavy (non-hydrogen) atoms. The molecule has 1 N–H and O–H groups in total. The molecule has 0 atom stereocenters. The third-order valence-corrected chi connectivity index (χ3v) is 6.72. The molecule has 4 rings (SSSR count). The Morgan fingerprint density at radius 1 is 1.12 bits per heavy atom. The lowest BCUT2D eigenvalue weighted by Gasteiger charge is -2.39. The number of nitrogens with one attached hydrogen (secondary N) is 1. The van der Waals surface area contributed by atoms with E-state index in [2.05, 4.69) is 28.9 Å². The van der Waals surface area contributed by atoms with E-state index in [9.17, 15) is 14.4 Å². The molecular weight excluding hydrogens is 420 g/mol. The third kappa shape index (κ3) is 4.77. The van der Waals surface area contributed by atoms with Crippen LogP contribution in [0.2, 0.25) is 0 Å². The Hall–Kier alpha value is -3.60. The lowest BCUT2D eigenvalue weighted by molar-refractivity contribution is -0.146. The zero-order valence-electron chi connectivity index (χ0n) is 19.2. The first-order valence-electron chi connectivity index (χ1n) is 11.1. The molecule has 0 aliphatic carbocycles. The second-order valence-corrected chi connectivity index (χ2v) is 9.58. The maximum Gasteiger partial charge on any atom is 0.346 e. The van der Waals surface area contributed by atoms with Crippen molar-refractivity contribution in [1.82, 2.24) is 4.90 Å². The zero-order chi connectivity index (χ0) is 23.8. The van der Waals surface area contributed by atoms with Crippen LogP contribution in [0.1, 0.15) is 61.6 Å². The molecule has 0 radical (unpaired) electrons. The number of carbonyl (C=O) groups is 3. The maximum atomic E-state index is 12.8. The number of carbonyl (C=O) groups excluding carboxylic acids is 3. The van der Waals surface area contributed by atoms with Gasteiger partial charge in [-0.25, -0.2) is 0 Å². The number of likely N-dealkylation sites (tertiary alicyclic amines) is 1. The van der Waals surface area contributed by atoms with Crippen LogP contribution in [0.4, 0.5) is 17.3 Å². The molecule has 8 nitrogen and oxygen atoms in total. The van der Waals surface area contributed by atoms with Crippen molar-refractivity contribution in [2.75, 3.05) is 30.4 Å². The molecule has 2 aliphatic heterocycles. The lowest BCUT2D eigenvalue weighted by atomic mass is 9.82. The Morgan fingerprint density at radius 2 is 1.79 bits per heavy atom. The van der Waals surface area contributed by atoms with Crippen molar-refractivity contribution in [3.63, 3.8) is 0 Å². The van der Waals surface area contributed by atoms with E-state index in [0.717, 1.165) is 37.2 Å². The first kappa shape index (κ1) is 22.6. The first-order valence-corrected chi connectivity index (χ1v) is 11.1. The van der Waals surface area contributed by atoms with Crippen molar-refractivity contribution in [3.05, 3.63) is 53.1 Å². The number of hydrogen-bond donors (Lipinski definition) is 1. The number of hydrogen-bond acceptors (Lipinski definition) is 5. The summed E-state index contributed by atoms with van der Waals surface area (Å²) in [7, 11) is 1.52. The number of imide groups is 1. The molecule has 1 aromatic carbocycles. The van der Waals surface area contributed by atoms with Gasteiger partial charge in [0.1, 0.15) is 0 Å². The van der Waals surface area contributed by atoms with Gasteiger partial charge in [-0.3, -0.25) is 19.3 Å². The van der Waals surface area contributed by atoms with E-state index in [-0.39, 0.29) is 47.6 Å². The van der Waals surface area contributed by atoms with E-state index >= 15 is 0 Å². The summed E-state index contributed by atoms with van der Waals surface area (Å²) in [6.07, 6.45) is 2.60. The van der Waals surface area contributed by atoms with Gasteiger partial charge in [-0.1, -0.05) is 19.9 Å². The minimum Gasteiger partial charge on any atom is -0.475 e. The second-order valence-electron chi connectivity index (χ2n) is 9.58. The monoisotopic (exact) mass is 448 g/mol. The van der Waals surface area contributed by atoms with E-state index in [1.165, 1.54) is 24.1 Å². The summed E-state index contributed by atoms with van der Waals surface area (Å²) >= 11 is 0. The van der Waals surface area contributed by atoms with Crippen molar-refractivity contribution in [3.8, 4) is 0 Å². The number of piperidine rings is 2. The van der Waals surface area contributed by atoms with Crippen LogP contribution in [0, 0.1) is 12.0 Å². The molecular formula is C25H28N4O4. The van der Waals surface area contributed by atoms with Crippen molar-refractivity contribution >= 4 is 35.0 Å². The first-order chi connectivity index (χ1) is 15.7. The van der Waals surface area contributed by atoms with E-state index in [4.69, 9.17) is 11.0 Å². The molecule has 2 aromatic rings. The van der Waals surface area contributed by atoms with Gasteiger partial charge < -0.3 is 14.6 Å². The van der Waals surface area contributed by atoms with Crippen molar-refractivity contribution in [2.24, 2.45) is 5.41 Å².